The van der Waals surface area contributed by atoms with Gasteiger partial charge >= 0.3 is 0 Å². The van der Waals surface area contributed by atoms with E-state index in [0.717, 1.165) is 11.1 Å². The van der Waals surface area contributed by atoms with Gasteiger partial charge in [-0.3, -0.25) is 0 Å². The number of carbonyl (C=O) groups excluding carboxylic acids is 1. The predicted molar refractivity (Wildman–Crippen MR) is 76.8 cm³/mol. The van der Waals surface area contributed by atoms with E-state index in [4.69, 9.17) is 0 Å². The molecule has 0 saturated heterocycles. The average molecular weight is 464 g/mol. The second-order valence-corrected chi connectivity index (χ2v) is 3.17. The van der Waals surface area contributed by atoms with Crippen LogP contribution in [0.4, 0.5) is 0 Å². The molecule has 0 aromatic carbocycles. The van der Waals surface area contributed by atoms with Crippen LogP contribution in [0.1, 0.15) is 27.7 Å². The second kappa shape index (κ2) is 8.29. The summed E-state index contributed by atoms with van der Waals surface area (Å²) < 4.78 is 0. The molecule has 1 atom stereocenters. The van der Waals surface area contributed by atoms with E-state index in [1.165, 1.54) is 11.1 Å². The van der Waals surface area contributed by atoms with Gasteiger partial charge in [0.25, 0.3) is 0 Å². The Morgan fingerprint density at radius 1 is 1.07 bits per heavy atom. The van der Waals surface area contributed by atoms with E-state index in [0.29, 0.717) is 0 Å². The molecular weight excluding hydrogens is 449 g/mol. The minimum atomic E-state index is 0. The van der Waals surface area contributed by atoms with Gasteiger partial charge in [-0.1, -0.05) is 19.4 Å². The molecule has 14 heavy (non-hydrogen) atoms. The fraction of sp³-hybridized carbons (Fsp3) is 0.500. The first kappa shape index (κ1) is 20.5. The zero-order chi connectivity index (χ0) is 8.59. The largest absolute Gasteiger partial charge is 0.419 e. The van der Waals surface area contributed by atoms with Gasteiger partial charge in [0, 0.05) is 16.8 Å². The van der Waals surface area contributed by atoms with Crippen molar-refractivity contribution in [2.24, 2.45) is 5.92 Å². The van der Waals surface area contributed by atoms with Crippen molar-refractivity contribution in [3.8, 4) is 0 Å². The van der Waals surface area contributed by atoms with Crippen molar-refractivity contribution >= 4 is 54.2 Å². The Hall–Kier alpha value is 1.12. The van der Waals surface area contributed by atoms with Gasteiger partial charge < -0.3 is 4.79 Å². The zero-order valence-electron chi connectivity index (χ0n) is 8.64. The maximum atomic E-state index is 10.5. The topological polar surface area (TPSA) is 17.1 Å². The van der Waals surface area contributed by atoms with Crippen LogP contribution in [0.3, 0.4) is 0 Å². The summed E-state index contributed by atoms with van der Waals surface area (Å²) in [6.45, 7) is 8.18. The SMILES string of the molecule is CC1=C(C)C(C)C([C-]=O)=C1C.I.I.[Co]. The first-order valence-electron chi connectivity index (χ1n) is 3.86. The van der Waals surface area contributed by atoms with E-state index in [1.54, 1.807) is 0 Å². The standard InChI is InChI=1S/C10H13O.Co.2HI/c1-6-7(2)9(4)10(5-11)8(6)3;;;/h8H,1-4H3;;2*1H/q-1;;;. The van der Waals surface area contributed by atoms with Crippen molar-refractivity contribution in [3.05, 3.63) is 22.3 Å². The average Bonchev–Trinajstić information content (AvgIpc) is 2.17. The van der Waals surface area contributed by atoms with Crippen LogP contribution in [0.15, 0.2) is 22.3 Å². The van der Waals surface area contributed by atoms with Crippen molar-refractivity contribution in [2.75, 3.05) is 0 Å². The summed E-state index contributed by atoms with van der Waals surface area (Å²) >= 11 is 0. The Balaban J connectivity index is -0.000000403. The van der Waals surface area contributed by atoms with Gasteiger partial charge in [-0.2, -0.15) is 11.1 Å². The molecule has 1 rings (SSSR count). The maximum Gasteiger partial charge on any atom is 0 e. The van der Waals surface area contributed by atoms with E-state index >= 15 is 0 Å². The molecule has 1 nitrogen and oxygen atoms in total. The third-order valence-electron chi connectivity index (χ3n) is 2.75. The Morgan fingerprint density at radius 3 is 1.64 bits per heavy atom. The van der Waals surface area contributed by atoms with Crippen molar-refractivity contribution in [1.82, 2.24) is 0 Å². The first-order valence-corrected chi connectivity index (χ1v) is 3.86. The van der Waals surface area contributed by atoms with Crippen LogP contribution in [0.25, 0.3) is 0 Å². The Morgan fingerprint density at radius 2 is 1.50 bits per heavy atom. The Bertz CT molecular complexity index is 269. The molecule has 0 aromatic heterocycles. The van der Waals surface area contributed by atoms with Crippen molar-refractivity contribution in [3.63, 3.8) is 0 Å². The fourth-order valence-electron chi connectivity index (χ4n) is 1.53. The maximum absolute atomic E-state index is 10.5. The van der Waals surface area contributed by atoms with Crippen molar-refractivity contribution in [2.45, 2.75) is 27.7 Å². The number of hydrogen-bond acceptors (Lipinski definition) is 1. The monoisotopic (exact) mass is 464 g/mol. The molecule has 1 unspecified atom stereocenters. The van der Waals surface area contributed by atoms with Gasteiger partial charge in [-0.05, 0) is 19.1 Å². The van der Waals surface area contributed by atoms with Crippen molar-refractivity contribution in [1.29, 1.82) is 0 Å². The molecule has 4 heteroatoms. The molecule has 0 heterocycles. The molecule has 0 aliphatic heterocycles. The van der Waals surface area contributed by atoms with Crippen LogP contribution >= 0.6 is 48.0 Å². The zero-order valence-corrected chi connectivity index (χ0v) is 14.3. The molecule has 0 saturated carbocycles. The smallest absolute Gasteiger partial charge is 0 e. The van der Waals surface area contributed by atoms with E-state index < -0.39 is 0 Å². The molecule has 1 radical (unpaired) electrons. The molecule has 0 bridgehead atoms. The molecule has 0 fully saturated rings. The van der Waals surface area contributed by atoms with E-state index in [1.807, 2.05) is 13.2 Å². The fourth-order valence-corrected chi connectivity index (χ4v) is 1.53. The summed E-state index contributed by atoms with van der Waals surface area (Å²) in [5.41, 5.74) is 4.52. The molecule has 0 amide bonds. The summed E-state index contributed by atoms with van der Waals surface area (Å²) in [6.07, 6.45) is 2.01. The minimum absolute atomic E-state index is 0. The van der Waals surface area contributed by atoms with Crippen LogP contribution in [0.2, 0.25) is 0 Å². The minimum Gasteiger partial charge on any atom is -0.419 e. The third-order valence-corrected chi connectivity index (χ3v) is 2.75. The molecule has 1 aliphatic carbocycles. The number of allylic oxidation sites excluding steroid dienone is 4. The number of hydrogen-bond donors (Lipinski definition) is 0. The molecule has 0 spiro atoms. The van der Waals surface area contributed by atoms with E-state index in [-0.39, 0.29) is 70.6 Å². The predicted octanol–water partition coefficient (Wildman–Crippen LogP) is 3.63. The first-order chi connectivity index (χ1) is 5.09. The van der Waals surface area contributed by atoms with E-state index in [2.05, 4.69) is 20.8 Å². The quantitative estimate of drug-likeness (QED) is 0.429. The van der Waals surface area contributed by atoms with E-state index in [9.17, 15) is 4.79 Å². The molecule has 0 aromatic rings. The molecular formula is C10H15CoI2O-. The molecule has 85 valence electrons. The van der Waals surface area contributed by atoms with Crippen LogP contribution < -0.4 is 0 Å². The number of rotatable bonds is 1. The van der Waals surface area contributed by atoms with Gasteiger partial charge in [0.1, 0.15) is 0 Å². The summed E-state index contributed by atoms with van der Waals surface area (Å²) in [5.74, 6) is 0.285. The normalized spacial score (nSPS) is 19.6. The van der Waals surface area contributed by atoms with Gasteiger partial charge in [0.2, 0.25) is 0 Å². The van der Waals surface area contributed by atoms with Gasteiger partial charge in [0.05, 0.1) is 0 Å². The summed E-state index contributed by atoms with van der Waals surface area (Å²) in [6, 6.07) is 0. The van der Waals surface area contributed by atoms with Gasteiger partial charge in [0.15, 0.2) is 0 Å². The summed E-state index contributed by atoms with van der Waals surface area (Å²) in [7, 11) is 0. The van der Waals surface area contributed by atoms with Gasteiger partial charge in [-0.25, -0.2) is 0 Å². The van der Waals surface area contributed by atoms with Crippen LogP contribution in [-0.4, -0.2) is 6.29 Å². The summed E-state index contributed by atoms with van der Waals surface area (Å²) in [5, 5.41) is 0. The van der Waals surface area contributed by atoms with Gasteiger partial charge in [-0.15, -0.1) is 60.5 Å². The van der Waals surface area contributed by atoms with Crippen LogP contribution in [0.5, 0.6) is 0 Å². The molecule has 0 N–H and O–H groups in total. The van der Waals surface area contributed by atoms with Crippen LogP contribution in [-0.2, 0) is 21.6 Å². The summed E-state index contributed by atoms with van der Waals surface area (Å²) in [4.78, 5) is 10.5. The molecule has 1 aliphatic rings. The third kappa shape index (κ3) is 3.60. The van der Waals surface area contributed by atoms with Crippen molar-refractivity contribution < 1.29 is 21.6 Å². The second-order valence-electron chi connectivity index (χ2n) is 3.17. The van der Waals surface area contributed by atoms with Crippen LogP contribution in [0, 0.1) is 5.92 Å². The number of halogens is 2. The Kier molecular flexibility index (Phi) is 12.1. The Labute approximate surface area is 130 Å².